The maximum atomic E-state index is 10.5. The van der Waals surface area contributed by atoms with Crippen molar-refractivity contribution in [2.75, 3.05) is 0 Å². The Morgan fingerprint density at radius 2 is 2.05 bits per heavy atom. The number of aromatic nitrogens is 2. The SMILES string of the molecule is CC(C)Cc1noc(COc2ccc(C=O)cc2)n1. The van der Waals surface area contributed by atoms with Crippen LogP contribution in [0, 0.1) is 5.92 Å². The minimum Gasteiger partial charge on any atom is -0.484 e. The maximum Gasteiger partial charge on any atom is 0.264 e. The molecule has 0 saturated heterocycles. The highest BCUT2D eigenvalue weighted by molar-refractivity contribution is 5.74. The summed E-state index contributed by atoms with van der Waals surface area (Å²) in [6.07, 6.45) is 1.58. The summed E-state index contributed by atoms with van der Waals surface area (Å²) in [5.74, 6) is 2.30. The largest absolute Gasteiger partial charge is 0.484 e. The number of carbonyl (C=O) groups is 1. The summed E-state index contributed by atoms with van der Waals surface area (Å²) < 4.78 is 10.6. The van der Waals surface area contributed by atoms with Crippen LogP contribution in [0.1, 0.15) is 35.9 Å². The normalized spacial score (nSPS) is 10.7. The summed E-state index contributed by atoms with van der Waals surface area (Å²) in [5, 5.41) is 3.88. The number of hydrogen-bond donors (Lipinski definition) is 0. The number of benzene rings is 1. The van der Waals surface area contributed by atoms with Crippen molar-refractivity contribution >= 4 is 6.29 Å². The summed E-state index contributed by atoms with van der Waals surface area (Å²) in [6, 6.07) is 6.85. The minimum absolute atomic E-state index is 0.228. The summed E-state index contributed by atoms with van der Waals surface area (Å²) in [4.78, 5) is 14.8. The van der Waals surface area contributed by atoms with E-state index in [4.69, 9.17) is 9.26 Å². The van der Waals surface area contributed by atoms with Gasteiger partial charge in [-0.3, -0.25) is 4.79 Å². The molecule has 0 aliphatic carbocycles. The van der Waals surface area contributed by atoms with Gasteiger partial charge in [-0.15, -0.1) is 0 Å². The molecule has 0 saturated carbocycles. The molecule has 1 heterocycles. The number of carbonyl (C=O) groups excluding carboxylic acids is 1. The first-order valence-corrected chi connectivity index (χ1v) is 6.17. The van der Waals surface area contributed by atoms with Crippen molar-refractivity contribution in [3.63, 3.8) is 0 Å². The van der Waals surface area contributed by atoms with Gasteiger partial charge < -0.3 is 9.26 Å². The van der Waals surface area contributed by atoms with Gasteiger partial charge in [-0.1, -0.05) is 19.0 Å². The molecule has 0 unspecified atom stereocenters. The molecule has 19 heavy (non-hydrogen) atoms. The first-order valence-electron chi connectivity index (χ1n) is 6.17. The molecule has 5 heteroatoms. The van der Waals surface area contributed by atoms with Crippen molar-refractivity contribution in [2.45, 2.75) is 26.9 Å². The van der Waals surface area contributed by atoms with E-state index >= 15 is 0 Å². The standard InChI is InChI=1S/C14H16N2O3/c1-10(2)7-13-15-14(19-16-13)9-18-12-5-3-11(8-17)4-6-12/h3-6,8,10H,7,9H2,1-2H3. The third kappa shape index (κ3) is 3.91. The van der Waals surface area contributed by atoms with Gasteiger partial charge in [-0.25, -0.2) is 0 Å². The third-order valence-electron chi connectivity index (χ3n) is 2.48. The maximum absolute atomic E-state index is 10.5. The van der Waals surface area contributed by atoms with E-state index in [-0.39, 0.29) is 6.61 Å². The van der Waals surface area contributed by atoms with Crippen LogP contribution in [0.25, 0.3) is 0 Å². The van der Waals surface area contributed by atoms with Gasteiger partial charge in [0.1, 0.15) is 12.0 Å². The van der Waals surface area contributed by atoms with E-state index in [1.165, 1.54) is 0 Å². The Bertz CT molecular complexity index is 532. The van der Waals surface area contributed by atoms with Crippen LogP contribution in [0.4, 0.5) is 0 Å². The molecule has 0 bridgehead atoms. The fourth-order valence-corrected chi connectivity index (χ4v) is 1.58. The molecule has 0 spiro atoms. The van der Waals surface area contributed by atoms with E-state index in [2.05, 4.69) is 24.0 Å². The lowest BCUT2D eigenvalue weighted by atomic mass is 10.1. The zero-order valence-corrected chi connectivity index (χ0v) is 11.0. The van der Waals surface area contributed by atoms with E-state index < -0.39 is 0 Å². The number of aldehydes is 1. The van der Waals surface area contributed by atoms with Crippen LogP contribution in [0.15, 0.2) is 28.8 Å². The van der Waals surface area contributed by atoms with Crippen LogP contribution < -0.4 is 4.74 Å². The molecule has 1 aromatic carbocycles. The Hall–Kier alpha value is -2.17. The molecule has 0 aliphatic rings. The van der Waals surface area contributed by atoms with E-state index in [9.17, 15) is 4.79 Å². The highest BCUT2D eigenvalue weighted by atomic mass is 16.5. The second kappa shape index (κ2) is 6.13. The smallest absolute Gasteiger partial charge is 0.264 e. The van der Waals surface area contributed by atoms with Gasteiger partial charge in [0.25, 0.3) is 5.89 Å². The number of ether oxygens (including phenoxy) is 1. The minimum atomic E-state index is 0.228. The summed E-state index contributed by atoms with van der Waals surface area (Å²) >= 11 is 0. The van der Waals surface area contributed by atoms with Crippen LogP contribution in [0.3, 0.4) is 0 Å². The number of rotatable bonds is 6. The number of nitrogens with zero attached hydrogens (tertiary/aromatic N) is 2. The molecule has 100 valence electrons. The van der Waals surface area contributed by atoms with Crippen LogP contribution in [0.5, 0.6) is 5.75 Å². The van der Waals surface area contributed by atoms with Crippen LogP contribution in [-0.2, 0) is 13.0 Å². The lowest BCUT2D eigenvalue weighted by Gasteiger charge is -2.02. The zero-order chi connectivity index (χ0) is 13.7. The van der Waals surface area contributed by atoms with Crippen molar-refractivity contribution in [2.24, 2.45) is 5.92 Å². The monoisotopic (exact) mass is 260 g/mol. The van der Waals surface area contributed by atoms with Gasteiger partial charge >= 0.3 is 0 Å². The van der Waals surface area contributed by atoms with Crippen molar-refractivity contribution in [3.8, 4) is 5.75 Å². The first-order chi connectivity index (χ1) is 9.17. The molecule has 0 aliphatic heterocycles. The molecule has 1 aromatic heterocycles. The highest BCUT2D eigenvalue weighted by Gasteiger charge is 2.08. The highest BCUT2D eigenvalue weighted by Crippen LogP contribution is 2.13. The number of hydrogen-bond acceptors (Lipinski definition) is 5. The quantitative estimate of drug-likeness (QED) is 0.747. The summed E-state index contributed by atoms with van der Waals surface area (Å²) in [6.45, 7) is 4.42. The molecule has 0 radical (unpaired) electrons. The van der Waals surface area contributed by atoms with Crippen LogP contribution in [0.2, 0.25) is 0 Å². The fraction of sp³-hybridized carbons (Fsp3) is 0.357. The average molecular weight is 260 g/mol. The topological polar surface area (TPSA) is 65.2 Å². The summed E-state index contributed by atoms with van der Waals surface area (Å²) in [5.41, 5.74) is 0.615. The Morgan fingerprint density at radius 1 is 1.32 bits per heavy atom. The molecular weight excluding hydrogens is 244 g/mol. The predicted molar refractivity (Wildman–Crippen MR) is 69.0 cm³/mol. The van der Waals surface area contributed by atoms with Crippen molar-refractivity contribution in [3.05, 3.63) is 41.5 Å². The molecule has 0 atom stereocenters. The van der Waals surface area contributed by atoms with E-state index in [0.717, 1.165) is 12.7 Å². The van der Waals surface area contributed by atoms with Gasteiger partial charge in [0, 0.05) is 12.0 Å². The van der Waals surface area contributed by atoms with Gasteiger partial charge in [0.05, 0.1) is 0 Å². The second-order valence-electron chi connectivity index (χ2n) is 4.68. The predicted octanol–water partition coefficient (Wildman–Crippen LogP) is 2.66. The lowest BCUT2D eigenvalue weighted by Crippen LogP contribution is -1.98. The molecule has 0 N–H and O–H groups in total. The Morgan fingerprint density at radius 3 is 2.68 bits per heavy atom. The van der Waals surface area contributed by atoms with Crippen LogP contribution >= 0.6 is 0 Å². The van der Waals surface area contributed by atoms with Crippen molar-refractivity contribution < 1.29 is 14.1 Å². The second-order valence-corrected chi connectivity index (χ2v) is 4.68. The fourth-order valence-electron chi connectivity index (χ4n) is 1.58. The Labute approximate surface area is 111 Å². The molecule has 2 aromatic rings. The van der Waals surface area contributed by atoms with Gasteiger partial charge in [-0.05, 0) is 30.2 Å². The average Bonchev–Trinajstić information content (AvgIpc) is 2.84. The van der Waals surface area contributed by atoms with Crippen molar-refractivity contribution in [1.82, 2.24) is 10.1 Å². The van der Waals surface area contributed by atoms with Gasteiger partial charge in [-0.2, -0.15) is 4.98 Å². The van der Waals surface area contributed by atoms with E-state index in [1.54, 1.807) is 24.3 Å². The molecule has 0 fully saturated rings. The lowest BCUT2D eigenvalue weighted by molar-refractivity contribution is 0.112. The van der Waals surface area contributed by atoms with Crippen molar-refractivity contribution in [1.29, 1.82) is 0 Å². The van der Waals surface area contributed by atoms with E-state index in [0.29, 0.717) is 28.9 Å². The molecular formula is C14H16N2O3. The first kappa shape index (κ1) is 13.3. The summed E-state index contributed by atoms with van der Waals surface area (Å²) in [7, 11) is 0. The van der Waals surface area contributed by atoms with E-state index in [1.807, 2.05) is 0 Å². The third-order valence-corrected chi connectivity index (χ3v) is 2.48. The Kier molecular flexibility index (Phi) is 4.28. The Balaban J connectivity index is 1.90. The van der Waals surface area contributed by atoms with Gasteiger partial charge in [0.2, 0.25) is 0 Å². The molecule has 2 rings (SSSR count). The molecule has 5 nitrogen and oxygen atoms in total. The van der Waals surface area contributed by atoms with Crippen LogP contribution in [-0.4, -0.2) is 16.4 Å². The molecule has 0 amide bonds. The van der Waals surface area contributed by atoms with Gasteiger partial charge in [0.15, 0.2) is 12.4 Å². The zero-order valence-electron chi connectivity index (χ0n) is 11.0.